The maximum atomic E-state index is 12.4. The average molecular weight is 332 g/mol. The van der Waals surface area contributed by atoms with Crippen LogP contribution in [-0.4, -0.2) is 66.3 Å². The molecule has 3 heterocycles. The molecule has 1 fully saturated rings. The van der Waals surface area contributed by atoms with Crippen molar-refractivity contribution in [3.8, 4) is 0 Å². The Bertz CT molecular complexity index is 706. The number of hydrogen-bond acceptors (Lipinski definition) is 7. The summed E-state index contributed by atoms with van der Waals surface area (Å²) in [7, 11) is 1.81. The number of aromatic nitrogens is 4. The van der Waals surface area contributed by atoms with Crippen LogP contribution in [-0.2, 0) is 7.05 Å². The minimum Gasteiger partial charge on any atom is -0.393 e. The maximum absolute atomic E-state index is 12.4. The molecule has 0 unspecified atom stereocenters. The van der Waals surface area contributed by atoms with Crippen LogP contribution in [0.25, 0.3) is 0 Å². The van der Waals surface area contributed by atoms with E-state index in [1.807, 2.05) is 7.05 Å². The predicted molar refractivity (Wildman–Crippen MR) is 85.7 cm³/mol. The molecule has 1 aliphatic rings. The van der Waals surface area contributed by atoms with Crippen molar-refractivity contribution in [1.29, 1.82) is 0 Å². The van der Waals surface area contributed by atoms with Crippen LogP contribution in [0.5, 0.6) is 0 Å². The van der Waals surface area contributed by atoms with E-state index in [0.717, 1.165) is 5.69 Å². The number of nitrogens with zero attached hydrogens (tertiary/aromatic N) is 5. The normalized spacial score (nSPS) is 16.9. The maximum Gasteiger partial charge on any atom is 0.274 e. The molecule has 9 heteroatoms. The third kappa shape index (κ3) is 3.52. The van der Waals surface area contributed by atoms with Gasteiger partial charge in [-0.15, -0.1) is 10.2 Å². The molecule has 0 spiro atoms. The minimum atomic E-state index is -1.08. The fraction of sp³-hybridized carbons (Fsp3) is 0.467. The van der Waals surface area contributed by atoms with Crippen molar-refractivity contribution in [1.82, 2.24) is 24.9 Å². The summed E-state index contributed by atoms with van der Waals surface area (Å²) < 4.78 is 1.66. The Labute approximate surface area is 138 Å². The van der Waals surface area contributed by atoms with Gasteiger partial charge in [0.25, 0.3) is 5.91 Å². The Balaban J connectivity index is 1.62. The fourth-order valence-electron chi connectivity index (χ4n) is 2.59. The highest BCUT2D eigenvalue weighted by molar-refractivity contribution is 5.92. The number of piperidine rings is 1. The molecule has 3 N–H and O–H groups in total. The second-order valence-corrected chi connectivity index (χ2v) is 6.01. The van der Waals surface area contributed by atoms with Gasteiger partial charge in [-0.2, -0.15) is 5.10 Å². The topological polar surface area (TPSA) is 116 Å². The molecule has 2 aromatic rings. The molecule has 128 valence electrons. The van der Waals surface area contributed by atoms with Gasteiger partial charge in [0.1, 0.15) is 0 Å². The number of anilines is 2. The molecule has 1 aliphatic heterocycles. The van der Waals surface area contributed by atoms with E-state index in [1.54, 1.807) is 34.1 Å². The molecule has 0 atom stereocenters. The van der Waals surface area contributed by atoms with E-state index in [2.05, 4.69) is 20.6 Å². The van der Waals surface area contributed by atoms with Gasteiger partial charge in [-0.1, -0.05) is 0 Å². The summed E-state index contributed by atoms with van der Waals surface area (Å²) in [5, 5.41) is 34.2. The monoisotopic (exact) mass is 332 g/mol. The summed E-state index contributed by atoms with van der Waals surface area (Å²) in [5.74, 6) is 0.295. The molecule has 0 radical (unpaired) electrons. The number of aliphatic hydroxyl groups excluding tert-OH is 1. The van der Waals surface area contributed by atoms with Crippen LogP contribution in [0.1, 0.15) is 23.3 Å². The summed E-state index contributed by atoms with van der Waals surface area (Å²) in [6.45, 7) is 0.476. The number of amides is 1. The number of carbonyl (C=O) groups is 1. The molecule has 0 bridgehead atoms. The molecule has 9 nitrogen and oxygen atoms in total. The van der Waals surface area contributed by atoms with Crippen LogP contribution in [0.15, 0.2) is 24.5 Å². The van der Waals surface area contributed by atoms with E-state index in [-0.39, 0.29) is 18.2 Å². The first-order valence-corrected chi connectivity index (χ1v) is 7.71. The van der Waals surface area contributed by atoms with Crippen molar-refractivity contribution >= 4 is 17.4 Å². The quantitative estimate of drug-likeness (QED) is 0.716. The molecule has 1 amide bonds. The number of aliphatic hydroxyl groups is 2. The molecule has 0 aromatic carbocycles. The lowest BCUT2D eigenvalue weighted by molar-refractivity contribution is -0.0547. The van der Waals surface area contributed by atoms with Crippen LogP contribution >= 0.6 is 0 Å². The van der Waals surface area contributed by atoms with E-state index in [9.17, 15) is 9.90 Å². The van der Waals surface area contributed by atoms with Gasteiger partial charge in [0, 0.05) is 26.3 Å². The van der Waals surface area contributed by atoms with Crippen LogP contribution in [0.4, 0.5) is 11.5 Å². The summed E-state index contributed by atoms with van der Waals surface area (Å²) in [4.78, 5) is 14.0. The lowest BCUT2D eigenvalue weighted by atomic mass is 9.92. The molecular weight excluding hydrogens is 312 g/mol. The number of aryl methyl sites for hydroxylation is 1. The Morgan fingerprint density at radius 2 is 2.08 bits per heavy atom. The van der Waals surface area contributed by atoms with Crippen molar-refractivity contribution < 1.29 is 15.0 Å². The number of hydrogen-bond donors (Lipinski definition) is 3. The van der Waals surface area contributed by atoms with E-state index >= 15 is 0 Å². The van der Waals surface area contributed by atoms with Crippen molar-refractivity contribution in [2.45, 2.75) is 18.4 Å². The van der Waals surface area contributed by atoms with Crippen molar-refractivity contribution in [2.75, 3.05) is 25.0 Å². The second kappa shape index (κ2) is 6.54. The van der Waals surface area contributed by atoms with Gasteiger partial charge >= 0.3 is 0 Å². The average Bonchev–Trinajstić information content (AvgIpc) is 3.00. The second-order valence-electron chi connectivity index (χ2n) is 6.01. The predicted octanol–water partition coefficient (Wildman–Crippen LogP) is -0.0869. The zero-order chi connectivity index (χ0) is 17.2. The van der Waals surface area contributed by atoms with Crippen LogP contribution < -0.4 is 5.32 Å². The largest absolute Gasteiger partial charge is 0.393 e. The molecule has 0 aliphatic carbocycles. The van der Waals surface area contributed by atoms with Crippen molar-refractivity contribution in [3.63, 3.8) is 0 Å². The minimum absolute atomic E-state index is 0.226. The number of nitrogens with one attached hydrogen (secondary N) is 1. The SMILES string of the molecule is Cn1cc(Nc2ccc(C(=O)N3CCC(O)(CO)CC3)nn2)cn1. The Hall–Kier alpha value is -2.52. The smallest absolute Gasteiger partial charge is 0.274 e. The van der Waals surface area contributed by atoms with E-state index in [1.165, 1.54) is 0 Å². The highest BCUT2D eigenvalue weighted by Crippen LogP contribution is 2.22. The highest BCUT2D eigenvalue weighted by atomic mass is 16.3. The zero-order valence-corrected chi connectivity index (χ0v) is 13.4. The van der Waals surface area contributed by atoms with Crippen molar-refractivity contribution in [3.05, 3.63) is 30.2 Å². The third-order valence-electron chi connectivity index (χ3n) is 4.14. The standard InChI is InChI=1S/C15H20N6O3/c1-20-9-11(8-16-20)17-13-3-2-12(18-19-13)14(23)21-6-4-15(24,10-22)5-7-21/h2-3,8-9,22,24H,4-7,10H2,1H3,(H,17,19). The first-order valence-electron chi connectivity index (χ1n) is 7.71. The highest BCUT2D eigenvalue weighted by Gasteiger charge is 2.33. The lowest BCUT2D eigenvalue weighted by Crippen LogP contribution is -2.48. The lowest BCUT2D eigenvalue weighted by Gasteiger charge is -2.36. The van der Waals surface area contributed by atoms with Gasteiger partial charge < -0.3 is 20.4 Å². The molecule has 2 aromatic heterocycles. The summed E-state index contributed by atoms with van der Waals surface area (Å²) in [6.07, 6.45) is 4.17. The number of carbonyl (C=O) groups excluding carboxylic acids is 1. The molecular formula is C15H20N6O3. The summed E-state index contributed by atoms with van der Waals surface area (Å²) in [5.41, 5.74) is -0.0497. The number of rotatable bonds is 4. The molecule has 0 saturated carbocycles. The van der Waals surface area contributed by atoms with E-state index < -0.39 is 5.60 Å². The van der Waals surface area contributed by atoms with Crippen LogP contribution in [0.2, 0.25) is 0 Å². The van der Waals surface area contributed by atoms with Gasteiger partial charge in [0.15, 0.2) is 11.5 Å². The van der Waals surface area contributed by atoms with Gasteiger partial charge in [-0.3, -0.25) is 9.48 Å². The summed E-state index contributed by atoms with van der Waals surface area (Å²) in [6, 6.07) is 3.29. The van der Waals surface area contributed by atoms with E-state index in [0.29, 0.717) is 31.7 Å². The fourth-order valence-corrected chi connectivity index (χ4v) is 2.59. The molecule has 1 saturated heterocycles. The Morgan fingerprint density at radius 3 is 2.62 bits per heavy atom. The van der Waals surface area contributed by atoms with Gasteiger partial charge in [0.05, 0.1) is 24.1 Å². The van der Waals surface area contributed by atoms with Gasteiger partial charge in [-0.05, 0) is 25.0 Å². The Morgan fingerprint density at radius 1 is 1.33 bits per heavy atom. The molecule has 3 rings (SSSR count). The summed E-state index contributed by atoms with van der Waals surface area (Å²) >= 11 is 0. The van der Waals surface area contributed by atoms with Crippen LogP contribution in [0, 0.1) is 0 Å². The first kappa shape index (κ1) is 16.3. The first-order chi connectivity index (χ1) is 11.5. The van der Waals surface area contributed by atoms with Crippen molar-refractivity contribution in [2.24, 2.45) is 7.05 Å². The number of likely N-dealkylation sites (tertiary alicyclic amines) is 1. The van der Waals surface area contributed by atoms with Gasteiger partial charge in [-0.25, -0.2) is 0 Å². The van der Waals surface area contributed by atoms with Gasteiger partial charge in [0.2, 0.25) is 0 Å². The molecule has 24 heavy (non-hydrogen) atoms. The van der Waals surface area contributed by atoms with Crippen LogP contribution in [0.3, 0.4) is 0 Å². The zero-order valence-electron chi connectivity index (χ0n) is 13.4. The van der Waals surface area contributed by atoms with E-state index in [4.69, 9.17) is 5.11 Å². The Kier molecular flexibility index (Phi) is 4.45. The third-order valence-corrected chi connectivity index (χ3v) is 4.14.